The molecule has 1 saturated heterocycles. The molecule has 2 amide bonds. The zero-order valence-corrected chi connectivity index (χ0v) is 14.5. The first-order valence-electron chi connectivity index (χ1n) is 8.51. The molecule has 24 heavy (non-hydrogen) atoms. The highest BCUT2D eigenvalue weighted by atomic mass is 16.5. The van der Waals surface area contributed by atoms with Crippen LogP contribution in [0.15, 0.2) is 24.3 Å². The Balaban J connectivity index is 1.66. The molecule has 6 nitrogen and oxygen atoms in total. The fraction of sp³-hybridized carbons (Fsp3) is 0.556. The lowest BCUT2D eigenvalue weighted by atomic mass is 10.0. The van der Waals surface area contributed by atoms with Gasteiger partial charge in [0.15, 0.2) is 0 Å². The summed E-state index contributed by atoms with van der Waals surface area (Å²) >= 11 is 0. The number of morpholine rings is 1. The third kappa shape index (κ3) is 5.94. The summed E-state index contributed by atoms with van der Waals surface area (Å²) < 4.78 is 5.27. The average molecular weight is 333 g/mol. The van der Waals surface area contributed by atoms with Crippen LogP contribution in [0.2, 0.25) is 0 Å². The molecule has 0 saturated carbocycles. The quantitative estimate of drug-likeness (QED) is 0.758. The standard InChI is InChI=1S/C18H27N3O3/c1-14(2)16-5-3-15(4-6-16)13-20-18(23)17(22)19-7-8-21-9-11-24-12-10-21/h3-6,14H,7-13H2,1-2H3,(H,19,22)(H,20,23). The minimum absolute atomic E-state index is 0.355. The van der Waals surface area contributed by atoms with E-state index in [4.69, 9.17) is 4.74 Å². The molecule has 6 heteroatoms. The van der Waals surface area contributed by atoms with Crippen molar-refractivity contribution in [1.82, 2.24) is 15.5 Å². The first kappa shape index (κ1) is 18.4. The van der Waals surface area contributed by atoms with E-state index in [-0.39, 0.29) is 0 Å². The molecule has 0 unspecified atom stereocenters. The first-order chi connectivity index (χ1) is 11.6. The van der Waals surface area contributed by atoms with Crippen molar-refractivity contribution >= 4 is 11.8 Å². The van der Waals surface area contributed by atoms with Gasteiger partial charge in [0.25, 0.3) is 0 Å². The van der Waals surface area contributed by atoms with Crippen LogP contribution >= 0.6 is 0 Å². The Kier molecular flexibility index (Phi) is 7.21. The van der Waals surface area contributed by atoms with E-state index < -0.39 is 11.8 Å². The molecule has 0 aromatic heterocycles. The van der Waals surface area contributed by atoms with Crippen LogP contribution in [0.1, 0.15) is 30.9 Å². The molecule has 1 heterocycles. The Bertz CT molecular complexity index is 537. The lowest BCUT2D eigenvalue weighted by molar-refractivity contribution is -0.139. The minimum Gasteiger partial charge on any atom is -0.379 e. The number of amides is 2. The van der Waals surface area contributed by atoms with E-state index in [1.165, 1.54) is 5.56 Å². The van der Waals surface area contributed by atoms with Gasteiger partial charge in [0.2, 0.25) is 0 Å². The summed E-state index contributed by atoms with van der Waals surface area (Å²) in [5.74, 6) is -0.696. The molecular formula is C18H27N3O3. The summed E-state index contributed by atoms with van der Waals surface area (Å²) in [5.41, 5.74) is 2.24. The van der Waals surface area contributed by atoms with Gasteiger partial charge in [0.05, 0.1) is 13.2 Å². The van der Waals surface area contributed by atoms with Gasteiger partial charge in [0, 0.05) is 32.7 Å². The summed E-state index contributed by atoms with van der Waals surface area (Å²) in [4.78, 5) is 25.8. The first-order valence-corrected chi connectivity index (χ1v) is 8.51. The molecule has 1 aromatic rings. The number of rotatable bonds is 6. The monoisotopic (exact) mass is 333 g/mol. The van der Waals surface area contributed by atoms with Crippen molar-refractivity contribution in [3.8, 4) is 0 Å². The maximum atomic E-state index is 11.8. The Labute approximate surface area is 143 Å². The van der Waals surface area contributed by atoms with Crippen molar-refractivity contribution in [3.05, 3.63) is 35.4 Å². The Morgan fingerprint density at radius 2 is 1.71 bits per heavy atom. The summed E-state index contributed by atoms with van der Waals surface area (Å²) in [7, 11) is 0. The largest absolute Gasteiger partial charge is 0.379 e. The van der Waals surface area contributed by atoms with Gasteiger partial charge in [-0.3, -0.25) is 14.5 Å². The maximum Gasteiger partial charge on any atom is 0.309 e. The number of nitrogens with zero attached hydrogens (tertiary/aromatic N) is 1. The lowest BCUT2D eigenvalue weighted by Gasteiger charge is -2.26. The molecule has 1 aliphatic heterocycles. The number of benzene rings is 1. The summed E-state index contributed by atoms with van der Waals surface area (Å²) in [5, 5.41) is 5.31. The van der Waals surface area contributed by atoms with Crippen LogP contribution in [0, 0.1) is 0 Å². The molecule has 1 fully saturated rings. The Morgan fingerprint density at radius 1 is 1.08 bits per heavy atom. The highest BCUT2D eigenvalue weighted by Crippen LogP contribution is 2.14. The Hall–Kier alpha value is -1.92. The molecule has 2 rings (SSSR count). The van der Waals surface area contributed by atoms with Crippen LogP contribution in [-0.4, -0.2) is 56.1 Å². The van der Waals surface area contributed by atoms with Crippen LogP contribution in [0.4, 0.5) is 0 Å². The fourth-order valence-corrected chi connectivity index (χ4v) is 2.52. The van der Waals surface area contributed by atoms with Crippen LogP contribution in [-0.2, 0) is 20.9 Å². The van der Waals surface area contributed by atoms with Gasteiger partial charge in [-0.1, -0.05) is 38.1 Å². The molecule has 1 aliphatic rings. The van der Waals surface area contributed by atoms with Crippen molar-refractivity contribution in [2.24, 2.45) is 0 Å². The van der Waals surface area contributed by atoms with E-state index >= 15 is 0 Å². The Morgan fingerprint density at radius 3 is 2.33 bits per heavy atom. The molecule has 0 aliphatic carbocycles. The van der Waals surface area contributed by atoms with Gasteiger partial charge in [-0.2, -0.15) is 0 Å². The van der Waals surface area contributed by atoms with Crippen molar-refractivity contribution < 1.29 is 14.3 Å². The van der Waals surface area contributed by atoms with Gasteiger partial charge in [0.1, 0.15) is 0 Å². The number of carbonyl (C=O) groups excluding carboxylic acids is 2. The van der Waals surface area contributed by atoms with Gasteiger partial charge in [-0.25, -0.2) is 0 Å². The predicted octanol–water partition coefficient (Wildman–Crippen LogP) is 0.875. The fourth-order valence-electron chi connectivity index (χ4n) is 2.52. The normalized spacial score (nSPS) is 15.3. The highest BCUT2D eigenvalue weighted by molar-refractivity contribution is 6.35. The van der Waals surface area contributed by atoms with E-state index in [0.717, 1.165) is 38.4 Å². The van der Waals surface area contributed by atoms with E-state index in [0.29, 0.717) is 19.0 Å². The van der Waals surface area contributed by atoms with Crippen LogP contribution in [0.25, 0.3) is 0 Å². The zero-order valence-electron chi connectivity index (χ0n) is 14.5. The van der Waals surface area contributed by atoms with E-state index in [9.17, 15) is 9.59 Å². The van der Waals surface area contributed by atoms with E-state index in [2.05, 4.69) is 41.5 Å². The summed E-state index contributed by atoms with van der Waals surface area (Å²) in [6.45, 7) is 9.02. The SMILES string of the molecule is CC(C)c1ccc(CNC(=O)C(=O)NCCN2CCOCC2)cc1. The van der Waals surface area contributed by atoms with Gasteiger partial charge in [-0.05, 0) is 17.0 Å². The zero-order chi connectivity index (χ0) is 17.4. The number of ether oxygens (including phenoxy) is 1. The second kappa shape index (κ2) is 9.39. The summed E-state index contributed by atoms with van der Waals surface area (Å²) in [6, 6.07) is 8.06. The number of hydrogen-bond donors (Lipinski definition) is 2. The van der Waals surface area contributed by atoms with Crippen molar-refractivity contribution in [1.29, 1.82) is 0 Å². The van der Waals surface area contributed by atoms with Crippen molar-refractivity contribution in [2.75, 3.05) is 39.4 Å². The van der Waals surface area contributed by atoms with Crippen LogP contribution in [0.5, 0.6) is 0 Å². The predicted molar refractivity (Wildman–Crippen MR) is 92.6 cm³/mol. The van der Waals surface area contributed by atoms with Crippen molar-refractivity contribution in [3.63, 3.8) is 0 Å². The molecule has 2 N–H and O–H groups in total. The third-order valence-corrected chi connectivity index (χ3v) is 4.12. The topological polar surface area (TPSA) is 70.7 Å². The summed E-state index contributed by atoms with van der Waals surface area (Å²) in [6.07, 6.45) is 0. The molecule has 0 radical (unpaired) electrons. The van der Waals surface area contributed by atoms with Gasteiger partial charge >= 0.3 is 11.8 Å². The smallest absolute Gasteiger partial charge is 0.309 e. The second-order valence-corrected chi connectivity index (χ2v) is 6.29. The van der Waals surface area contributed by atoms with Crippen LogP contribution < -0.4 is 10.6 Å². The number of nitrogens with one attached hydrogen (secondary N) is 2. The molecular weight excluding hydrogens is 306 g/mol. The molecule has 1 aromatic carbocycles. The number of hydrogen-bond acceptors (Lipinski definition) is 4. The lowest BCUT2D eigenvalue weighted by Crippen LogP contribution is -2.44. The molecule has 0 bridgehead atoms. The highest BCUT2D eigenvalue weighted by Gasteiger charge is 2.14. The maximum absolute atomic E-state index is 11.8. The van der Waals surface area contributed by atoms with Gasteiger partial charge in [-0.15, -0.1) is 0 Å². The van der Waals surface area contributed by atoms with E-state index in [1.807, 2.05) is 12.1 Å². The van der Waals surface area contributed by atoms with Crippen LogP contribution in [0.3, 0.4) is 0 Å². The molecule has 0 spiro atoms. The van der Waals surface area contributed by atoms with E-state index in [1.54, 1.807) is 0 Å². The van der Waals surface area contributed by atoms with Gasteiger partial charge < -0.3 is 15.4 Å². The second-order valence-electron chi connectivity index (χ2n) is 6.29. The average Bonchev–Trinajstić information content (AvgIpc) is 2.60. The molecule has 132 valence electrons. The molecule has 0 atom stereocenters. The third-order valence-electron chi connectivity index (χ3n) is 4.12. The van der Waals surface area contributed by atoms with Crippen molar-refractivity contribution in [2.45, 2.75) is 26.3 Å². The number of carbonyl (C=O) groups is 2. The minimum atomic E-state index is -0.593.